The third-order valence-corrected chi connectivity index (χ3v) is 2.44. The quantitative estimate of drug-likeness (QED) is 0.857. The maximum absolute atomic E-state index is 10.8. The number of ether oxygens (including phenoxy) is 1. The Labute approximate surface area is 107 Å². The van der Waals surface area contributed by atoms with Crippen LogP contribution in [0.25, 0.3) is 0 Å². The van der Waals surface area contributed by atoms with Gasteiger partial charge in [-0.2, -0.15) is 0 Å². The van der Waals surface area contributed by atoms with Crippen LogP contribution in [0, 0.1) is 0 Å². The second kappa shape index (κ2) is 5.26. The lowest BCUT2D eigenvalue weighted by Crippen LogP contribution is -2.03. The Balaban J connectivity index is 2.04. The lowest BCUT2D eigenvalue weighted by Gasteiger charge is -2.05. The summed E-state index contributed by atoms with van der Waals surface area (Å²) in [5.74, 6) is -1.90. The average molecular weight is 262 g/mol. The van der Waals surface area contributed by atoms with Crippen molar-refractivity contribution in [3.05, 3.63) is 53.5 Å². The summed E-state index contributed by atoms with van der Waals surface area (Å²) in [6.45, 7) is 0.0323. The SMILES string of the molecule is O=C(O)c1ccc(OCc2ccoc2C(=O)O)cc1. The molecule has 0 saturated carbocycles. The van der Waals surface area contributed by atoms with Gasteiger partial charge in [0.2, 0.25) is 5.76 Å². The van der Waals surface area contributed by atoms with E-state index in [-0.39, 0.29) is 17.9 Å². The number of benzene rings is 1. The van der Waals surface area contributed by atoms with Crippen molar-refractivity contribution in [3.8, 4) is 5.75 Å². The van der Waals surface area contributed by atoms with E-state index in [0.717, 1.165) is 0 Å². The molecule has 98 valence electrons. The summed E-state index contributed by atoms with van der Waals surface area (Å²) in [4.78, 5) is 21.5. The molecule has 0 aliphatic rings. The van der Waals surface area contributed by atoms with Crippen molar-refractivity contribution in [2.24, 2.45) is 0 Å². The molecular formula is C13H10O6. The van der Waals surface area contributed by atoms with Crippen molar-refractivity contribution in [2.45, 2.75) is 6.61 Å². The van der Waals surface area contributed by atoms with Crippen molar-refractivity contribution < 1.29 is 29.0 Å². The molecular weight excluding hydrogens is 252 g/mol. The van der Waals surface area contributed by atoms with Crippen molar-refractivity contribution in [1.82, 2.24) is 0 Å². The highest BCUT2D eigenvalue weighted by molar-refractivity contribution is 5.87. The number of hydrogen-bond acceptors (Lipinski definition) is 4. The first kappa shape index (κ1) is 12.7. The summed E-state index contributed by atoms with van der Waals surface area (Å²) in [7, 11) is 0. The molecule has 0 spiro atoms. The van der Waals surface area contributed by atoms with E-state index in [4.69, 9.17) is 19.4 Å². The molecule has 0 radical (unpaired) electrons. The zero-order chi connectivity index (χ0) is 13.8. The third kappa shape index (κ3) is 2.92. The second-order valence-electron chi connectivity index (χ2n) is 3.70. The fourth-order valence-electron chi connectivity index (χ4n) is 1.49. The zero-order valence-electron chi connectivity index (χ0n) is 9.70. The van der Waals surface area contributed by atoms with Gasteiger partial charge in [0.1, 0.15) is 12.4 Å². The minimum absolute atomic E-state index is 0.0323. The lowest BCUT2D eigenvalue weighted by atomic mass is 10.2. The summed E-state index contributed by atoms with van der Waals surface area (Å²) < 4.78 is 10.2. The van der Waals surface area contributed by atoms with Crippen molar-refractivity contribution >= 4 is 11.9 Å². The van der Waals surface area contributed by atoms with Gasteiger partial charge in [0, 0.05) is 5.56 Å². The van der Waals surface area contributed by atoms with E-state index in [1.54, 1.807) is 0 Å². The van der Waals surface area contributed by atoms with Crippen LogP contribution in [0.1, 0.15) is 26.5 Å². The molecule has 0 aliphatic heterocycles. The Morgan fingerprint density at radius 3 is 2.32 bits per heavy atom. The minimum atomic E-state index is -1.16. The normalized spacial score (nSPS) is 10.1. The smallest absolute Gasteiger partial charge is 0.372 e. The van der Waals surface area contributed by atoms with Gasteiger partial charge >= 0.3 is 11.9 Å². The molecule has 0 fully saturated rings. The predicted molar refractivity (Wildman–Crippen MR) is 63.4 cm³/mol. The standard InChI is InChI=1S/C13H10O6/c14-12(15)8-1-3-10(4-2-8)19-7-9-5-6-18-11(9)13(16)17/h1-6H,7H2,(H,14,15)(H,16,17). The molecule has 1 aromatic heterocycles. The van der Waals surface area contributed by atoms with Crippen molar-refractivity contribution in [2.75, 3.05) is 0 Å². The van der Waals surface area contributed by atoms with Crippen LogP contribution in [0.4, 0.5) is 0 Å². The Kier molecular flexibility index (Phi) is 3.51. The van der Waals surface area contributed by atoms with E-state index in [9.17, 15) is 9.59 Å². The lowest BCUT2D eigenvalue weighted by molar-refractivity contribution is 0.0655. The summed E-state index contributed by atoms with van der Waals surface area (Å²) in [5, 5.41) is 17.6. The number of rotatable bonds is 5. The molecule has 6 nitrogen and oxygen atoms in total. The highest BCUT2D eigenvalue weighted by atomic mass is 16.5. The second-order valence-corrected chi connectivity index (χ2v) is 3.70. The maximum Gasteiger partial charge on any atom is 0.372 e. The van der Waals surface area contributed by atoms with Gasteiger partial charge in [-0.15, -0.1) is 0 Å². The molecule has 6 heteroatoms. The van der Waals surface area contributed by atoms with Crippen LogP contribution in [-0.4, -0.2) is 22.2 Å². The molecule has 0 atom stereocenters. The van der Waals surface area contributed by atoms with Gasteiger partial charge in [0.15, 0.2) is 0 Å². The highest BCUT2D eigenvalue weighted by Gasteiger charge is 2.14. The summed E-state index contributed by atoms with van der Waals surface area (Å²) in [5.41, 5.74) is 0.566. The van der Waals surface area contributed by atoms with Crippen LogP contribution in [0.15, 0.2) is 41.0 Å². The molecule has 2 N–H and O–H groups in total. The van der Waals surface area contributed by atoms with E-state index in [1.165, 1.54) is 36.6 Å². The number of furan rings is 1. The molecule has 0 aliphatic carbocycles. The van der Waals surface area contributed by atoms with Gasteiger partial charge in [-0.3, -0.25) is 0 Å². The molecule has 2 aromatic rings. The van der Waals surface area contributed by atoms with E-state index in [0.29, 0.717) is 11.3 Å². The number of aromatic carboxylic acids is 2. The third-order valence-electron chi connectivity index (χ3n) is 2.44. The number of carboxylic acids is 2. The molecule has 0 unspecified atom stereocenters. The Morgan fingerprint density at radius 2 is 1.74 bits per heavy atom. The number of carbonyl (C=O) groups is 2. The monoisotopic (exact) mass is 262 g/mol. The Bertz CT molecular complexity index is 596. The summed E-state index contributed by atoms with van der Waals surface area (Å²) in [6, 6.07) is 7.33. The van der Waals surface area contributed by atoms with E-state index in [1.807, 2.05) is 0 Å². The predicted octanol–water partition coefficient (Wildman–Crippen LogP) is 2.25. The molecule has 1 heterocycles. The van der Waals surface area contributed by atoms with Crippen LogP contribution in [0.2, 0.25) is 0 Å². The fourth-order valence-corrected chi connectivity index (χ4v) is 1.49. The van der Waals surface area contributed by atoms with Gasteiger partial charge in [-0.1, -0.05) is 0 Å². The first-order chi connectivity index (χ1) is 9.08. The maximum atomic E-state index is 10.8. The first-order valence-corrected chi connectivity index (χ1v) is 5.34. The van der Waals surface area contributed by atoms with Gasteiger partial charge in [0.25, 0.3) is 0 Å². The van der Waals surface area contributed by atoms with Crippen molar-refractivity contribution in [1.29, 1.82) is 0 Å². The van der Waals surface area contributed by atoms with Gasteiger partial charge in [0.05, 0.1) is 11.8 Å². The van der Waals surface area contributed by atoms with E-state index < -0.39 is 11.9 Å². The molecule has 0 saturated heterocycles. The van der Waals surface area contributed by atoms with Crippen LogP contribution in [0.3, 0.4) is 0 Å². The highest BCUT2D eigenvalue weighted by Crippen LogP contribution is 2.17. The molecule has 19 heavy (non-hydrogen) atoms. The number of carboxylic acid groups (broad SMARTS) is 2. The largest absolute Gasteiger partial charge is 0.489 e. The molecule has 0 bridgehead atoms. The fraction of sp³-hybridized carbons (Fsp3) is 0.0769. The van der Waals surface area contributed by atoms with Gasteiger partial charge in [-0.05, 0) is 30.3 Å². The van der Waals surface area contributed by atoms with E-state index >= 15 is 0 Å². The van der Waals surface area contributed by atoms with E-state index in [2.05, 4.69) is 0 Å². The Hall–Kier alpha value is -2.76. The van der Waals surface area contributed by atoms with Crippen LogP contribution in [0.5, 0.6) is 5.75 Å². The first-order valence-electron chi connectivity index (χ1n) is 5.34. The number of hydrogen-bond donors (Lipinski definition) is 2. The molecule has 1 aromatic carbocycles. The Morgan fingerprint density at radius 1 is 1.05 bits per heavy atom. The topological polar surface area (TPSA) is 97.0 Å². The summed E-state index contributed by atoms with van der Waals surface area (Å²) in [6.07, 6.45) is 1.27. The van der Waals surface area contributed by atoms with Crippen LogP contribution >= 0.6 is 0 Å². The van der Waals surface area contributed by atoms with Crippen LogP contribution < -0.4 is 4.74 Å². The van der Waals surface area contributed by atoms with Crippen molar-refractivity contribution in [3.63, 3.8) is 0 Å². The molecule has 0 amide bonds. The zero-order valence-corrected chi connectivity index (χ0v) is 9.70. The molecule has 2 rings (SSSR count). The van der Waals surface area contributed by atoms with Gasteiger partial charge in [-0.25, -0.2) is 9.59 Å². The average Bonchev–Trinajstić information content (AvgIpc) is 2.85. The van der Waals surface area contributed by atoms with Gasteiger partial charge < -0.3 is 19.4 Å². The minimum Gasteiger partial charge on any atom is -0.489 e. The van der Waals surface area contributed by atoms with Crippen LogP contribution in [-0.2, 0) is 6.61 Å². The summed E-state index contributed by atoms with van der Waals surface area (Å²) >= 11 is 0.